The molecule has 2 fully saturated rings. The maximum absolute atomic E-state index is 6.21. The van der Waals surface area contributed by atoms with E-state index >= 15 is 0 Å². The molecule has 1 aliphatic heterocycles. The van der Waals surface area contributed by atoms with Crippen molar-refractivity contribution in [3.05, 3.63) is 28.8 Å². The van der Waals surface area contributed by atoms with Gasteiger partial charge in [0.05, 0.1) is 12.8 Å². The van der Waals surface area contributed by atoms with Gasteiger partial charge in [0.2, 0.25) is 0 Å². The van der Waals surface area contributed by atoms with E-state index in [1.54, 1.807) is 7.11 Å². The van der Waals surface area contributed by atoms with E-state index in [0.29, 0.717) is 18.6 Å². The number of piperidine rings is 1. The van der Waals surface area contributed by atoms with Crippen LogP contribution < -0.4 is 4.74 Å². The zero-order valence-electron chi connectivity index (χ0n) is 15.3. The van der Waals surface area contributed by atoms with Gasteiger partial charge in [-0.15, -0.1) is 0 Å². The molecule has 1 aliphatic carbocycles. The van der Waals surface area contributed by atoms with Crippen molar-refractivity contribution in [1.82, 2.24) is 4.90 Å². The number of nitrogens with zero attached hydrogens (tertiary/aromatic N) is 2. The predicted octanol–water partition coefficient (Wildman–Crippen LogP) is 4.86. The van der Waals surface area contributed by atoms with E-state index in [9.17, 15) is 0 Å². The molecule has 0 unspecified atom stereocenters. The molecule has 5 heteroatoms. The summed E-state index contributed by atoms with van der Waals surface area (Å²) < 4.78 is 5.54. The summed E-state index contributed by atoms with van der Waals surface area (Å²) in [5, 5.41) is 5.03. The van der Waals surface area contributed by atoms with E-state index in [1.807, 2.05) is 19.1 Å². The summed E-state index contributed by atoms with van der Waals surface area (Å²) in [5.41, 5.74) is 2.50. The first-order valence-electron chi connectivity index (χ1n) is 9.46. The molecule has 1 aromatic carbocycles. The van der Waals surface area contributed by atoms with Crippen molar-refractivity contribution in [3.8, 4) is 5.75 Å². The van der Waals surface area contributed by atoms with Crippen LogP contribution >= 0.6 is 11.6 Å². The molecule has 1 aromatic rings. The Balaban J connectivity index is 1.54. The maximum atomic E-state index is 6.21. The fourth-order valence-electron chi connectivity index (χ4n) is 4.15. The van der Waals surface area contributed by atoms with E-state index in [1.165, 1.54) is 37.0 Å². The van der Waals surface area contributed by atoms with Gasteiger partial charge < -0.3 is 14.5 Å². The molecule has 0 amide bonds. The molecule has 0 bridgehead atoms. The minimum atomic E-state index is 0.545. The monoisotopic (exact) mass is 364 g/mol. The van der Waals surface area contributed by atoms with Crippen molar-refractivity contribution in [2.45, 2.75) is 57.4 Å². The standard InChI is InChI=1S/C20H29ClN2O2/c1-3-25-22-17-5-7-18(8-6-17)23-12-10-15(11-13-23)19-14-16(21)4-9-20(19)24-2/h4,9,14-15,18H,3,5-8,10-13H2,1-2H3. The van der Waals surface area contributed by atoms with Crippen LogP contribution in [-0.2, 0) is 4.84 Å². The van der Waals surface area contributed by atoms with Gasteiger partial charge in [-0.2, -0.15) is 0 Å². The Bertz CT molecular complexity index is 587. The first-order valence-corrected chi connectivity index (χ1v) is 9.84. The zero-order chi connectivity index (χ0) is 17.6. The molecule has 2 aliphatic rings. The van der Waals surface area contributed by atoms with Gasteiger partial charge in [-0.3, -0.25) is 0 Å². The Labute approximate surface area is 156 Å². The first kappa shape index (κ1) is 18.5. The van der Waals surface area contributed by atoms with Gasteiger partial charge in [0.1, 0.15) is 12.4 Å². The van der Waals surface area contributed by atoms with Crippen LogP contribution in [0, 0.1) is 0 Å². The van der Waals surface area contributed by atoms with Crippen LogP contribution in [0.2, 0.25) is 5.02 Å². The van der Waals surface area contributed by atoms with Crippen LogP contribution in [0.3, 0.4) is 0 Å². The maximum Gasteiger partial charge on any atom is 0.122 e. The average molecular weight is 365 g/mol. The van der Waals surface area contributed by atoms with Crippen LogP contribution in [0.15, 0.2) is 23.4 Å². The molecule has 3 rings (SSSR count). The minimum Gasteiger partial charge on any atom is -0.496 e. The fraction of sp³-hybridized carbons (Fsp3) is 0.650. The van der Waals surface area contributed by atoms with E-state index in [-0.39, 0.29) is 0 Å². The molecule has 138 valence electrons. The Morgan fingerprint density at radius 1 is 1.16 bits per heavy atom. The van der Waals surface area contributed by atoms with Gasteiger partial charge in [0.25, 0.3) is 0 Å². The van der Waals surface area contributed by atoms with Gasteiger partial charge in [-0.25, -0.2) is 0 Å². The van der Waals surface area contributed by atoms with Gasteiger partial charge in [-0.05, 0) is 88.2 Å². The lowest BCUT2D eigenvalue weighted by molar-refractivity contribution is 0.130. The van der Waals surface area contributed by atoms with Gasteiger partial charge >= 0.3 is 0 Å². The molecule has 1 saturated heterocycles. The first-order chi connectivity index (χ1) is 12.2. The zero-order valence-corrected chi connectivity index (χ0v) is 16.1. The smallest absolute Gasteiger partial charge is 0.122 e. The lowest BCUT2D eigenvalue weighted by Crippen LogP contribution is -2.42. The number of likely N-dealkylation sites (tertiary alicyclic amines) is 1. The number of rotatable bonds is 5. The van der Waals surface area contributed by atoms with Crippen molar-refractivity contribution in [2.24, 2.45) is 5.16 Å². The van der Waals surface area contributed by atoms with Crippen molar-refractivity contribution in [3.63, 3.8) is 0 Å². The number of halogens is 1. The number of hydrogen-bond donors (Lipinski definition) is 0. The molecule has 0 aromatic heterocycles. The summed E-state index contributed by atoms with van der Waals surface area (Å²) in [7, 11) is 1.74. The van der Waals surface area contributed by atoms with Crippen LogP contribution in [0.1, 0.15) is 56.9 Å². The Morgan fingerprint density at radius 2 is 1.88 bits per heavy atom. The average Bonchev–Trinajstić information content (AvgIpc) is 2.67. The summed E-state index contributed by atoms with van der Waals surface area (Å²) in [4.78, 5) is 7.87. The minimum absolute atomic E-state index is 0.545. The Morgan fingerprint density at radius 3 is 2.52 bits per heavy atom. The fourth-order valence-corrected chi connectivity index (χ4v) is 4.33. The summed E-state index contributed by atoms with van der Waals surface area (Å²) in [6.45, 7) is 4.95. The molecule has 1 saturated carbocycles. The third-order valence-electron chi connectivity index (χ3n) is 5.53. The number of oxime groups is 1. The third kappa shape index (κ3) is 4.68. The SMILES string of the molecule is CCON=C1CCC(N2CCC(c3cc(Cl)ccc3OC)CC2)CC1. The van der Waals surface area contributed by atoms with Crippen LogP contribution in [0.5, 0.6) is 5.75 Å². The normalized spacial score (nSPS) is 22.7. The van der Waals surface area contributed by atoms with Crippen molar-refractivity contribution < 1.29 is 9.57 Å². The van der Waals surface area contributed by atoms with E-state index in [2.05, 4.69) is 16.1 Å². The Kier molecular flexibility index (Phi) is 6.60. The highest BCUT2D eigenvalue weighted by atomic mass is 35.5. The highest BCUT2D eigenvalue weighted by Gasteiger charge is 2.29. The van der Waals surface area contributed by atoms with Crippen molar-refractivity contribution in [2.75, 3.05) is 26.8 Å². The highest BCUT2D eigenvalue weighted by molar-refractivity contribution is 6.30. The number of methoxy groups -OCH3 is 1. The number of ether oxygens (including phenoxy) is 1. The Hall–Kier alpha value is -1.26. The highest BCUT2D eigenvalue weighted by Crippen LogP contribution is 2.37. The quantitative estimate of drug-likeness (QED) is 0.699. The molecular formula is C20H29ClN2O2. The molecule has 0 atom stereocenters. The van der Waals surface area contributed by atoms with E-state index < -0.39 is 0 Å². The van der Waals surface area contributed by atoms with Gasteiger partial charge in [0.15, 0.2) is 0 Å². The predicted molar refractivity (Wildman–Crippen MR) is 103 cm³/mol. The van der Waals surface area contributed by atoms with Crippen LogP contribution in [-0.4, -0.2) is 43.5 Å². The third-order valence-corrected chi connectivity index (χ3v) is 5.77. The molecular weight excluding hydrogens is 336 g/mol. The molecule has 0 spiro atoms. The van der Waals surface area contributed by atoms with E-state index in [4.69, 9.17) is 21.2 Å². The van der Waals surface area contributed by atoms with Crippen LogP contribution in [0.25, 0.3) is 0 Å². The molecule has 4 nitrogen and oxygen atoms in total. The molecule has 25 heavy (non-hydrogen) atoms. The summed E-state index contributed by atoms with van der Waals surface area (Å²) in [6, 6.07) is 6.67. The lowest BCUT2D eigenvalue weighted by Gasteiger charge is -2.39. The molecule has 0 radical (unpaired) electrons. The topological polar surface area (TPSA) is 34.1 Å². The van der Waals surface area contributed by atoms with Crippen molar-refractivity contribution >= 4 is 17.3 Å². The molecule has 0 N–H and O–H groups in total. The second kappa shape index (κ2) is 8.91. The van der Waals surface area contributed by atoms with Crippen molar-refractivity contribution in [1.29, 1.82) is 0 Å². The second-order valence-corrected chi connectivity index (χ2v) is 7.44. The number of benzene rings is 1. The number of hydrogen-bond acceptors (Lipinski definition) is 4. The van der Waals surface area contributed by atoms with Gasteiger partial charge in [0, 0.05) is 11.1 Å². The molecule has 1 heterocycles. The summed E-state index contributed by atoms with van der Waals surface area (Å²) in [5.74, 6) is 1.51. The second-order valence-electron chi connectivity index (χ2n) is 7.00. The largest absolute Gasteiger partial charge is 0.496 e. The van der Waals surface area contributed by atoms with E-state index in [0.717, 1.165) is 36.7 Å². The summed E-state index contributed by atoms with van der Waals surface area (Å²) >= 11 is 6.21. The van der Waals surface area contributed by atoms with Crippen LogP contribution in [0.4, 0.5) is 0 Å². The lowest BCUT2D eigenvalue weighted by atomic mass is 9.86. The van der Waals surface area contributed by atoms with Gasteiger partial charge in [-0.1, -0.05) is 16.8 Å². The summed E-state index contributed by atoms with van der Waals surface area (Å²) in [6.07, 6.45) is 6.91.